The number of aliphatic hydroxyl groups excluding tert-OH is 1. The summed E-state index contributed by atoms with van der Waals surface area (Å²) >= 11 is 0. The molecule has 5 nitrogen and oxygen atoms in total. The van der Waals surface area contributed by atoms with E-state index in [2.05, 4.69) is 15.4 Å². The largest absolute Gasteiger partial charge is 0.396 e. The molecule has 0 aliphatic heterocycles. The highest BCUT2D eigenvalue weighted by molar-refractivity contribution is 5.44. The average Bonchev–Trinajstić information content (AvgIpc) is 3.00. The van der Waals surface area contributed by atoms with Gasteiger partial charge in [0.25, 0.3) is 0 Å². The van der Waals surface area contributed by atoms with Gasteiger partial charge in [0.1, 0.15) is 0 Å². The molecule has 0 amide bonds. The van der Waals surface area contributed by atoms with Crippen molar-refractivity contribution < 1.29 is 5.11 Å². The fraction of sp³-hybridized carbons (Fsp3) is 0.500. The molecule has 90 valence electrons. The number of aryl methyl sites for hydroxylation is 1. The molecule has 1 aliphatic carbocycles. The smallest absolute Gasteiger partial charge is 0.243 e. The molecule has 5 heteroatoms. The molecule has 0 unspecified atom stereocenters. The summed E-state index contributed by atoms with van der Waals surface area (Å²) < 4.78 is 1.77. The second-order valence-electron chi connectivity index (χ2n) is 4.96. The van der Waals surface area contributed by atoms with E-state index in [1.54, 1.807) is 4.52 Å². The maximum Gasteiger partial charge on any atom is 0.243 e. The second kappa shape index (κ2) is 3.70. The Kier molecular flexibility index (Phi) is 2.29. The molecule has 1 fully saturated rings. The lowest BCUT2D eigenvalue weighted by Gasteiger charge is -2.10. The quantitative estimate of drug-likeness (QED) is 0.832. The van der Waals surface area contributed by atoms with Crippen LogP contribution in [-0.2, 0) is 0 Å². The first-order valence-electron chi connectivity index (χ1n) is 5.89. The van der Waals surface area contributed by atoms with Crippen LogP contribution in [0.2, 0.25) is 0 Å². The molecular formula is C12H16N4O. The molecule has 1 aliphatic rings. The molecule has 2 N–H and O–H groups in total. The summed E-state index contributed by atoms with van der Waals surface area (Å²) in [6.45, 7) is 3.02. The van der Waals surface area contributed by atoms with Gasteiger partial charge in [-0.2, -0.15) is 4.98 Å². The third-order valence-corrected chi connectivity index (χ3v) is 3.39. The van der Waals surface area contributed by atoms with E-state index in [0.29, 0.717) is 5.95 Å². The minimum Gasteiger partial charge on any atom is -0.396 e. The minimum atomic E-state index is 0.0768. The van der Waals surface area contributed by atoms with Gasteiger partial charge in [-0.25, -0.2) is 4.52 Å². The monoisotopic (exact) mass is 232 g/mol. The zero-order chi connectivity index (χ0) is 11.9. The van der Waals surface area contributed by atoms with Gasteiger partial charge in [0.05, 0.1) is 6.61 Å². The summed E-state index contributed by atoms with van der Waals surface area (Å²) in [6, 6.07) is 3.97. The molecule has 0 radical (unpaired) electrons. The maximum atomic E-state index is 9.22. The van der Waals surface area contributed by atoms with Crippen molar-refractivity contribution in [1.82, 2.24) is 14.6 Å². The number of anilines is 1. The Morgan fingerprint density at radius 1 is 1.47 bits per heavy atom. The van der Waals surface area contributed by atoms with E-state index in [0.717, 1.165) is 30.6 Å². The van der Waals surface area contributed by atoms with Crippen LogP contribution in [-0.4, -0.2) is 32.9 Å². The summed E-state index contributed by atoms with van der Waals surface area (Å²) in [5.41, 5.74) is 2.07. The molecule has 0 saturated heterocycles. The van der Waals surface area contributed by atoms with Crippen LogP contribution >= 0.6 is 0 Å². The lowest BCUT2D eigenvalue weighted by Crippen LogP contribution is -2.19. The van der Waals surface area contributed by atoms with Crippen LogP contribution in [0.5, 0.6) is 0 Å². The van der Waals surface area contributed by atoms with Crippen molar-refractivity contribution >= 4 is 11.6 Å². The van der Waals surface area contributed by atoms with Crippen molar-refractivity contribution in [3.05, 3.63) is 23.9 Å². The highest BCUT2D eigenvalue weighted by atomic mass is 16.3. The van der Waals surface area contributed by atoms with Crippen LogP contribution in [0.1, 0.15) is 18.4 Å². The van der Waals surface area contributed by atoms with Crippen LogP contribution in [0, 0.1) is 12.3 Å². The Morgan fingerprint density at radius 2 is 2.29 bits per heavy atom. The molecule has 0 bridgehead atoms. The third kappa shape index (κ3) is 1.98. The van der Waals surface area contributed by atoms with Crippen LogP contribution in [0.25, 0.3) is 5.65 Å². The summed E-state index contributed by atoms with van der Waals surface area (Å²) in [4.78, 5) is 4.38. The number of aliphatic hydroxyl groups is 1. The van der Waals surface area contributed by atoms with Crippen LogP contribution in [0.4, 0.5) is 5.95 Å². The highest BCUT2D eigenvalue weighted by Gasteiger charge is 2.41. The summed E-state index contributed by atoms with van der Waals surface area (Å²) in [5, 5.41) is 16.8. The topological polar surface area (TPSA) is 62.5 Å². The third-order valence-electron chi connectivity index (χ3n) is 3.39. The average molecular weight is 232 g/mol. The number of rotatable bonds is 4. The van der Waals surface area contributed by atoms with Gasteiger partial charge in [0, 0.05) is 18.2 Å². The van der Waals surface area contributed by atoms with Gasteiger partial charge in [-0.05, 0) is 31.4 Å². The SMILES string of the molecule is Cc1ccc2nc(NCC3(CO)CC3)nn2c1. The highest BCUT2D eigenvalue weighted by Crippen LogP contribution is 2.44. The Labute approximate surface area is 99.5 Å². The van der Waals surface area contributed by atoms with Crippen molar-refractivity contribution in [3.8, 4) is 0 Å². The molecule has 0 aromatic carbocycles. The first kappa shape index (κ1) is 10.5. The van der Waals surface area contributed by atoms with Gasteiger partial charge in [-0.3, -0.25) is 0 Å². The molecule has 17 heavy (non-hydrogen) atoms. The van der Waals surface area contributed by atoms with Gasteiger partial charge < -0.3 is 10.4 Å². The lowest BCUT2D eigenvalue weighted by atomic mass is 10.1. The predicted molar refractivity (Wildman–Crippen MR) is 65.0 cm³/mol. The van der Waals surface area contributed by atoms with Crippen molar-refractivity contribution in [2.75, 3.05) is 18.5 Å². The fourth-order valence-corrected chi connectivity index (χ4v) is 1.89. The number of hydrogen-bond donors (Lipinski definition) is 2. The summed E-state index contributed by atoms with van der Waals surface area (Å²) in [5.74, 6) is 0.635. The number of aromatic nitrogens is 3. The van der Waals surface area contributed by atoms with Crippen LogP contribution in [0.15, 0.2) is 18.3 Å². The van der Waals surface area contributed by atoms with E-state index in [-0.39, 0.29) is 12.0 Å². The zero-order valence-electron chi connectivity index (χ0n) is 9.85. The molecule has 0 atom stereocenters. The number of fused-ring (bicyclic) bond motifs is 1. The molecule has 3 rings (SSSR count). The van der Waals surface area contributed by atoms with Gasteiger partial charge in [-0.1, -0.05) is 6.07 Å². The standard InChI is InChI=1S/C12H16N4O/c1-9-2-3-10-14-11(15-16(10)6-9)13-7-12(8-17)4-5-12/h2-3,6,17H,4-5,7-8H2,1H3,(H,13,15). The van der Waals surface area contributed by atoms with E-state index in [1.165, 1.54) is 0 Å². The Morgan fingerprint density at radius 3 is 3.00 bits per heavy atom. The Balaban J connectivity index is 1.77. The molecule has 2 aromatic rings. The lowest BCUT2D eigenvalue weighted by molar-refractivity contribution is 0.219. The molecule has 2 aromatic heterocycles. The predicted octanol–water partition coefficient (Wildman–Crippen LogP) is 1.22. The first-order chi connectivity index (χ1) is 8.21. The molecule has 1 saturated carbocycles. The number of pyridine rings is 1. The van der Waals surface area contributed by atoms with Gasteiger partial charge >= 0.3 is 0 Å². The second-order valence-corrected chi connectivity index (χ2v) is 4.96. The van der Waals surface area contributed by atoms with Gasteiger partial charge in [0.15, 0.2) is 5.65 Å². The summed E-state index contributed by atoms with van der Waals surface area (Å²) in [7, 11) is 0. The number of nitrogens with zero attached hydrogens (tertiary/aromatic N) is 3. The van der Waals surface area contributed by atoms with Crippen molar-refractivity contribution in [2.24, 2.45) is 5.41 Å². The Bertz CT molecular complexity index is 544. The molecule has 0 spiro atoms. The molecular weight excluding hydrogens is 216 g/mol. The molecule has 2 heterocycles. The number of hydrogen-bond acceptors (Lipinski definition) is 4. The fourth-order valence-electron chi connectivity index (χ4n) is 1.89. The number of nitrogens with one attached hydrogen (secondary N) is 1. The van der Waals surface area contributed by atoms with E-state index < -0.39 is 0 Å². The summed E-state index contributed by atoms with van der Waals surface area (Å²) in [6.07, 6.45) is 4.12. The van der Waals surface area contributed by atoms with E-state index in [1.807, 2.05) is 25.3 Å². The van der Waals surface area contributed by atoms with Gasteiger partial charge in [-0.15, -0.1) is 5.10 Å². The van der Waals surface area contributed by atoms with Crippen molar-refractivity contribution in [3.63, 3.8) is 0 Å². The zero-order valence-corrected chi connectivity index (χ0v) is 9.85. The normalized spacial score (nSPS) is 17.3. The van der Waals surface area contributed by atoms with Crippen molar-refractivity contribution in [1.29, 1.82) is 0 Å². The van der Waals surface area contributed by atoms with Crippen LogP contribution < -0.4 is 5.32 Å². The Hall–Kier alpha value is -1.62. The van der Waals surface area contributed by atoms with E-state index >= 15 is 0 Å². The van der Waals surface area contributed by atoms with Crippen LogP contribution in [0.3, 0.4) is 0 Å². The first-order valence-corrected chi connectivity index (χ1v) is 5.89. The van der Waals surface area contributed by atoms with Crippen molar-refractivity contribution in [2.45, 2.75) is 19.8 Å². The minimum absolute atomic E-state index is 0.0768. The maximum absolute atomic E-state index is 9.22. The van der Waals surface area contributed by atoms with E-state index in [9.17, 15) is 5.11 Å². The van der Waals surface area contributed by atoms with Gasteiger partial charge in [0.2, 0.25) is 5.95 Å². The van der Waals surface area contributed by atoms with E-state index in [4.69, 9.17) is 0 Å².